The van der Waals surface area contributed by atoms with Gasteiger partial charge in [-0.05, 0) is 13.3 Å². The first kappa shape index (κ1) is 9.87. The second-order valence-corrected chi connectivity index (χ2v) is 4.70. The number of amidine groups is 1. The molecule has 1 aliphatic carbocycles. The van der Waals surface area contributed by atoms with Gasteiger partial charge in [-0.3, -0.25) is 10.1 Å². The fourth-order valence-electron chi connectivity index (χ4n) is 2.61. The Kier molecular flexibility index (Phi) is 1.89. The highest BCUT2D eigenvalue weighted by molar-refractivity contribution is 5.98. The van der Waals surface area contributed by atoms with Gasteiger partial charge in [0.2, 0.25) is 0 Å². The molecule has 0 saturated heterocycles. The largest absolute Gasteiger partial charge is 0.362 e. The van der Waals surface area contributed by atoms with Crippen molar-refractivity contribution in [3.05, 3.63) is 24.4 Å². The number of hydrogen-bond donors (Lipinski definition) is 2. The van der Waals surface area contributed by atoms with Crippen LogP contribution in [0.3, 0.4) is 0 Å². The first-order chi connectivity index (χ1) is 8.88. The summed E-state index contributed by atoms with van der Waals surface area (Å²) >= 11 is 0. The number of fused-ring (bicyclic) bond motifs is 3. The molecule has 18 heavy (non-hydrogen) atoms. The fourth-order valence-corrected chi connectivity index (χ4v) is 2.61. The molecule has 0 aromatic carbocycles. The van der Waals surface area contributed by atoms with E-state index < -0.39 is 0 Å². The zero-order chi connectivity index (χ0) is 12.1. The Morgan fingerprint density at radius 2 is 2.44 bits per heavy atom. The molecule has 0 amide bonds. The van der Waals surface area contributed by atoms with Crippen molar-refractivity contribution in [1.82, 2.24) is 25.1 Å². The highest BCUT2D eigenvalue weighted by Gasteiger charge is 2.46. The number of aromatic nitrogens is 4. The van der Waals surface area contributed by atoms with Gasteiger partial charge in [-0.2, -0.15) is 5.10 Å². The average Bonchev–Trinajstić information content (AvgIpc) is 2.83. The number of imidazole rings is 1. The highest BCUT2D eigenvalue weighted by Crippen LogP contribution is 2.42. The summed E-state index contributed by atoms with van der Waals surface area (Å²) in [5, 5.41) is 10.3. The van der Waals surface area contributed by atoms with Crippen LogP contribution in [-0.4, -0.2) is 38.2 Å². The third kappa shape index (κ3) is 1.25. The van der Waals surface area contributed by atoms with E-state index in [1.54, 1.807) is 0 Å². The Hall–Kier alpha value is -2.11. The monoisotopic (exact) mass is 242 g/mol. The van der Waals surface area contributed by atoms with Crippen LogP contribution in [0.25, 0.3) is 11.3 Å². The van der Waals surface area contributed by atoms with Crippen molar-refractivity contribution >= 4 is 5.84 Å². The molecule has 0 spiro atoms. The van der Waals surface area contributed by atoms with Crippen LogP contribution in [0.15, 0.2) is 23.6 Å². The number of nitrogens with one attached hydrogen (secondary N) is 2. The van der Waals surface area contributed by atoms with Gasteiger partial charge in [0.15, 0.2) is 11.7 Å². The fraction of sp³-hybridized carbons (Fsp3) is 0.417. The number of rotatable bonds is 2. The molecule has 92 valence electrons. The Morgan fingerprint density at radius 1 is 1.50 bits per heavy atom. The van der Waals surface area contributed by atoms with Crippen LogP contribution in [0.4, 0.5) is 0 Å². The van der Waals surface area contributed by atoms with Crippen molar-refractivity contribution in [3.63, 3.8) is 0 Å². The van der Waals surface area contributed by atoms with Crippen LogP contribution in [-0.2, 0) is 0 Å². The van der Waals surface area contributed by atoms with Gasteiger partial charge >= 0.3 is 0 Å². The third-order valence-corrected chi connectivity index (χ3v) is 3.53. The van der Waals surface area contributed by atoms with E-state index in [0.29, 0.717) is 12.1 Å². The molecule has 2 unspecified atom stereocenters. The molecule has 1 aliphatic heterocycles. The highest BCUT2D eigenvalue weighted by atomic mass is 15.3. The molecule has 2 atom stereocenters. The molecule has 6 heteroatoms. The Bertz CT molecular complexity index is 609. The van der Waals surface area contributed by atoms with Crippen molar-refractivity contribution in [2.24, 2.45) is 4.99 Å². The van der Waals surface area contributed by atoms with Crippen molar-refractivity contribution in [1.29, 1.82) is 0 Å². The smallest absolute Gasteiger partial charge is 0.176 e. The quantitative estimate of drug-likeness (QED) is 0.824. The summed E-state index contributed by atoms with van der Waals surface area (Å²) in [6.45, 7) is 2.81. The summed E-state index contributed by atoms with van der Waals surface area (Å²) in [5.41, 5.74) is 2.20. The predicted molar refractivity (Wildman–Crippen MR) is 67.5 cm³/mol. The lowest BCUT2D eigenvalue weighted by atomic mass is 10.2. The van der Waals surface area contributed by atoms with E-state index in [1.165, 1.54) is 0 Å². The second kappa shape index (κ2) is 3.44. The predicted octanol–water partition coefficient (Wildman–Crippen LogP) is 0.956. The number of H-pyrrole nitrogens is 1. The SMILES string of the molecule is CCN=C1NC2CC2n2c(-c3cn[nH]c3)cnc21. The van der Waals surface area contributed by atoms with Crippen LogP contribution >= 0.6 is 0 Å². The Balaban J connectivity index is 1.88. The van der Waals surface area contributed by atoms with Gasteiger partial charge in [-0.1, -0.05) is 0 Å². The van der Waals surface area contributed by atoms with Crippen molar-refractivity contribution in [2.45, 2.75) is 25.4 Å². The third-order valence-electron chi connectivity index (χ3n) is 3.53. The molecule has 2 aliphatic rings. The zero-order valence-corrected chi connectivity index (χ0v) is 10.1. The summed E-state index contributed by atoms with van der Waals surface area (Å²) in [6, 6.07) is 1.03. The summed E-state index contributed by atoms with van der Waals surface area (Å²) in [4.78, 5) is 9.01. The molecule has 2 aromatic heterocycles. The molecular weight excluding hydrogens is 228 g/mol. The molecule has 4 rings (SSSR count). The molecule has 6 nitrogen and oxygen atoms in total. The molecule has 0 bridgehead atoms. The lowest BCUT2D eigenvalue weighted by molar-refractivity contribution is 0.651. The van der Waals surface area contributed by atoms with Crippen LogP contribution in [0, 0.1) is 0 Å². The minimum Gasteiger partial charge on any atom is -0.362 e. The Labute approximate surface area is 104 Å². The molecule has 0 radical (unpaired) electrons. The van der Waals surface area contributed by atoms with E-state index in [-0.39, 0.29) is 0 Å². The van der Waals surface area contributed by atoms with Gasteiger partial charge in [0, 0.05) is 18.3 Å². The topological polar surface area (TPSA) is 70.9 Å². The minimum absolute atomic E-state index is 0.516. The molecule has 3 heterocycles. The number of aromatic amines is 1. The number of nitrogens with zero attached hydrogens (tertiary/aromatic N) is 4. The lowest BCUT2D eigenvalue weighted by Crippen LogP contribution is -2.35. The van der Waals surface area contributed by atoms with Gasteiger partial charge in [-0.25, -0.2) is 4.98 Å². The van der Waals surface area contributed by atoms with Gasteiger partial charge in [0.1, 0.15) is 0 Å². The van der Waals surface area contributed by atoms with Crippen LogP contribution in [0.1, 0.15) is 25.2 Å². The molecule has 2 N–H and O–H groups in total. The van der Waals surface area contributed by atoms with Crippen LogP contribution < -0.4 is 5.32 Å². The molecular formula is C12H14N6. The van der Waals surface area contributed by atoms with Gasteiger partial charge in [-0.15, -0.1) is 0 Å². The van der Waals surface area contributed by atoms with E-state index in [0.717, 1.165) is 35.9 Å². The minimum atomic E-state index is 0.516. The molecule has 1 fully saturated rings. The maximum Gasteiger partial charge on any atom is 0.176 e. The zero-order valence-electron chi connectivity index (χ0n) is 10.1. The summed E-state index contributed by atoms with van der Waals surface area (Å²) in [5.74, 6) is 1.87. The second-order valence-electron chi connectivity index (χ2n) is 4.70. The lowest BCUT2D eigenvalue weighted by Gasteiger charge is -2.19. The van der Waals surface area contributed by atoms with Crippen LogP contribution in [0.2, 0.25) is 0 Å². The molecule has 2 aromatic rings. The summed E-state index contributed by atoms with van der Waals surface area (Å²) < 4.78 is 2.29. The summed E-state index contributed by atoms with van der Waals surface area (Å²) in [6.07, 6.45) is 6.80. The van der Waals surface area contributed by atoms with E-state index in [9.17, 15) is 0 Å². The van der Waals surface area contributed by atoms with Gasteiger partial charge in [0.25, 0.3) is 0 Å². The maximum atomic E-state index is 4.52. The van der Waals surface area contributed by atoms with E-state index in [4.69, 9.17) is 0 Å². The normalized spacial score (nSPS) is 26.6. The van der Waals surface area contributed by atoms with Gasteiger partial charge in [0.05, 0.1) is 30.2 Å². The maximum absolute atomic E-state index is 4.52. The van der Waals surface area contributed by atoms with Crippen molar-refractivity contribution in [2.75, 3.05) is 6.54 Å². The van der Waals surface area contributed by atoms with E-state index in [2.05, 4.69) is 30.1 Å². The number of aliphatic imine (C=N–C) groups is 1. The Morgan fingerprint density at radius 3 is 3.22 bits per heavy atom. The van der Waals surface area contributed by atoms with Crippen molar-refractivity contribution < 1.29 is 0 Å². The van der Waals surface area contributed by atoms with E-state index in [1.807, 2.05) is 25.5 Å². The standard InChI is InChI=1S/C12H14N6/c1-2-13-11-12-14-6-10(7-4-15-16-5-7)18(12)9-3-8(9)17-11/h4-6,8-9H,2-3H2,1H3,(H,13,17)(H,15,16). The summed E-state index contributed by atoms with van der Waals surface area (Å²) in [7, 11) is 0. The van der Waals surface area contributed by atoms with Crippen molar-refractivity contribution in [3.8, 4) is 11.3 Å². The average molecular weight is 242 g/mol. The van der Waals surface area contributed by atoms with Gasteiger partial charge < -0.3 is 9.88 Å². The van der Waals surface area contributed by atoms with Crippen LogP contribution in [0.5, 0.6) is 0 Å². The first-order valence-electron chi connectivity index (χ1n) is 6.26. The van der Waals surface area contributed by atoms with E-state index >= 15 is 0 Å². The first-order valence-corrected chi connectivity index (χ1v) is 6.26. The molecule has 1 saturated carbocycles. The number of hydrogen-bond acceptors (Lipinski definition) is 3.